The third-order valence-electron chi connectivity index (χ3n) is 2.38. The molecule has 1 aromatic heterocycles. The second kappa shape index (κ2) is 3.87. The summed E-state index contributed by atoms with van der Waals surface area (Å²) in [6, 6.07) is 4.33. The van der Waals surface area contributed by atoms with E-state index in [9.17, 15) is 4.21 Å². The summed E-state index contributed by atoms with van der Waals surface area (Å²) >= 11 is 0. The van der Waals surface area contributed by atoms with Gasteiger partial charge < -0.3 is 9.73 Å². The first-order chi connectivity index (χ1) is 6.65. The number of nitrogens with one attached hydrogen (secondary N) is 1. The van der Waals surface area contributed by atoms with Gasteiger partial charge in [-0.3, -0.25) is 4.21 Å². The van der Waals surface area contributed by atoms with Gasteiger partial charge in [0.2, 0.25) is 0 Å². The van der Waals surface area contributed by atoms with Crippen molar-refractivity contribution in [2.75, 3.05) is 11.5 Å². The van der Waals surface area contributed by atoms with E-state index in [4.69, 9.17) is 4.42 Å². The molecule has 0 aliphatic carbocycles. The van der Waals surface area contributed by atoms with Crippen LogP contribution in [0.5, 0.6) is 0 Å². The lowest BCUT2D eigenvalue weighted by Gasteiger charge is -2.26. The Morgan fingerprint density at radius 2 is 2.29 bits per heavy atom. The molecule has 1 saturated heterocycles. The molecule has 3 atom stereocenters. The fourth-order valence-corrected chi connectivity index (χ4v) is 3.20. The van der Waals surface area contributed by atoms with Crippen LogP contribution >= 0.6 is 0 Å². The summed E-state index contributed by atoms with van der Waals surface area (Å²) < 4.78 is 17.0. The molecule has 14 heavy (non-hydrogen) atoms. The largest absolute Gasteiger partial charge is 0.465 e. The van der Waals surface area contributed by atoms with Crippen LogP contribution in [0.15, 0.2) is 16.5 Å². The molecule has 0 bridgehead atoms. The molecule has 2 rings (SSSR count). The normalized spacial score (nSPS) is 33.1. The Morgan fingerprint density at radius 1 is 1.50 bits per heavy atom. The number of hydrogen-bond donors (Lipinski definition) is 1. The standard InChI is InChI=1S/C10H15NO2S/c1-7-5-14(12)6-9(11-7)10-4-3-8(2)13-10/h3-4,7,9,11H,5-6H2,1-2H3. The minimum Gasteiger partial charge on any atom is -0.465 e. The van der Waals surface area contributed by atoms with Gasteiger partial charge in [0.25, 0.3) is 0 Å². The minimum atomic E-state index is -0.714. The van der Waals surface area contributed by atoms with Crippen molar-refractivity contribution < 1.29 is 8.63 Å². The van der Waals surface area contributed by atoms with Crippen molar-refractivity contribution in [3.63, 3.8) is 0 Å². The van der Waals surface area contributed by atoms with Crippen molar-refractivity contribution in [3.8, 4) is 0 Å². The van der Waals surface area contributed by atoms with E-state index in [1.807, 2.05) is 19.1 Å². The van der Waals surface area contributed by atoms with Gasteiger partial charge in [-0.25, -0.2) is 0 Å². The molecule has 1 fully saturated rings. The quantitative estimate of drug-likeness (QED) is 0.766. The second-order valence-electron chi connectivity index (χ2n) is 3.84. The molecule has 1 aliphatic heterocycles. The van der Waals surface area contributed by atoms with E-state index >= 15 is 0 Å². The highest BCUT2D eigenvalue weighted by molar-refractivity contribution is 7.85. The summed E-state index contributed by atoms with van der Waals surface area (Å²) in [5.41, 5.74) is 0. The van der Waals surface area contributed by atoms with Crippen LogP contribution in [-0.4, -0.2) is 21.8 Å². The molecule has 3 unspecified atom stereocenters. The van der Waals surface area contributed by atoms with Crippen molar-refractivity contribution >= 4 is 10.8 Å². The van der Waals surface area contributed by atoms with Crippen molar-refractivity contribution in [1.29, 1.82) is 0 Å². The molecule has 78 valence electrons. The zero-order valence-electron chi connectivity index (χ0n) is 8.45. The second-order valence-corrected chi connectivity index (χ2v) is 5.39. The molecular formula is C10H15NO2S. The molecule has 0 aromatic carbocycles. The first-order valence-corrected chi connectivity index (χ1v) is 6.31. The lowest BCUT2D eigenvalue weighted by atomic mass is 10.2. The monoisotopic (exact) mass is 213 g/mol. The zero-order chi connectivity index (χ0) is 10.1. The predicted octanol–water partition coefficient (Wildman–Crippen LogP) is 1.37. The van der Waals surface area contributed by atoms with Gasteiger partial charge in [-0.15, -0.1) is 0 Å². The van der Waals surface area contributed by atoms with Gasteiger partial charge in [0.1, 0.15) is 11.5 Å². The number of aryl methyl sites for hydroxylation is 1. The number of rotatable bonds is 1. The molecule has 1 aliphatic rings. The van der Waals surface area contributed by atoms with Crippen molar-refractivity contribution in [2.24, 2.45) is 0 Å². The predicted molar refractivity (Wildman–Crippen MR) is 56.7 cm³/mol. The highest BCUT2D eigenvalue weighted by Crippen LogP contribution is 2.21. The van der Waals surface area contributed by atoms with Gasteiger partial charge in [-0.05, 0) is 26.0 Å². The van der Waals surface area contributed by atoms with E-state index < -0.39 is 10.8 Å². The van der Waals surface area contributed by atoms with Crippen LogP contribution in [-0.2, 0) is 10.8 Å². The van der Waals surface area contributed by atoms with Gasteiger partial charge in [-0.2, -0.15) is 0 Å². The van der Waals surface area contributed by atoms with Crippen LogP contribution < -0.4 is 5.32 Å². The van der Waals surface area contributed by atoms with E-state index in [1.165, 1.54) is 0 Å². The summed E-state index contributed by atoms with van der Waals surface area (Å²) in [6.45, 7) is 3.98. The third kappa shape index (κ3) is 2.07. The average Bonchev–Trinajstić information content (AvgIpc) is 2.50. The summed E-state index contributed by atoms with van der Waals surface area (Å²) in [7, 11) is -0.714. The molecule has 4 heteroatoms. The fourth-order valence-electron chi connectivity index (χ4n) is 1.78. The van der Waals surface area contributed by atoms with Gasteiger partial charge in [0, 0.05) is 28.3 Å². The van der Waals surface area contributed by atoms with E-state index in [0.717, 1.165) is 17.3 Å². The highest BCUT2D eigenvalue weighted by atomic mass is 32.2. The van der Waals surface area contributed by atoms with E-state index in [0.29, 0.717) is 11.8 Å². The Kier molecular flexibility index (Phi) is 2.74. The third-order valence-corrected chi connectivity index (χ3v) is 3.96. The van der Waals surface area contributed by atoms with Crippen molar-refractivity contribution in [3.05, 3.63) is 23.7 Å². The SMILES string of the molecule is Cc1ccc(C2CS(=O)CC(C)N2)o1. The van der Waals surface area contributed by atoms with Crippen molar-refractivity contribution in [1.82, 2.24) is 5.32 Å². The molecular weight excluding hydrogens is 198 g/mol. The van der Waals surface area contributed by atoms with E-state index in [-0.39, 0.29) is 6.04 Å². The smallest absolute Gasteiger partial charge is 0.122 e. The Morgan fingerprint density at radius 3 is 2.86 bits per heavy atom. The molecule has 1 aromatic rings. The Balaban J connectivity index is 2.14. The van der Waals surface area contributed by atoms with Crippen LogP contribution in [0.2, 0.25) is 0 Å². The number of hydrogen-bond acceptors (Lipinski definition) is 3. The van der Waals surface area contributed by atoms with Crippen LogP contribution in [0.1, 0.15) is 24.5 Å². The van der Waals surface area contributed by atoms with Gasteiger partial charge in [-0.1, -0.05) is 0 Å². The summed E-state index contributed by atoms with van der Waals surface area (Å²) in [4.78, 5) is 0. The van der Waals surface area contributed by atoms with E-state index in [2.05, 4.69) is 12.2 Å². The van der Waals surface area contributed by atoms with Gasteiger partial charge in [0.05, 0.1) is 6.04 Å². The maximum absolute atomic E-state index is 11.5. The van der Waals surface area contributed by atoms with Crippen LogP contribution in [0.3, 0.4) is 0 Å². The molecule has 0 radical (unpaired) electrons. The van der Waals surface area contributed by atoms with Crippen molar-refractivity contribution in [2.45, 2.75) is 25.9 Å². The minimum absolute atomic E-state index is 0.119. The summed E-state index contributed by atoms with van der Waals surface area (Å²) in [5.74, 6) is 3.22. The van der Waals surface area contributed by atoms with Crippen LogP contribution in [0.4, 0.5) is 0 Å². The lowest BCUT2D eigenvalue weighted by Crippen LogP contribution is -2.42. The average molecular weight is 213 g/mol. The van der Waals surface area contributed by atoms with E-state index in [1.54, 1.807) is 0 Å². The summed E-state index contributed by atoms with van der Waals surface area (Å²) in [6.07, 6.45) is 0. The van der Waals surface area contributed by atoms with Gasteiger partial charge in [0.15, 0.2) is 0 Å². The fraction of sp³-hybridized carbons (Fsp3) is 0.600. The Bertz CT molecular complexity index is 348. The molecule has 2 heterocycles. The topological polar surface area (TPSA) is 42.2 Å². The Hall–Kier alpha value is -0.610. The number of furan rings is 1. The molecule has 0 amide bonds. The molecule has 1 N–H and O–H groups in total. The lowest BCUT2D eigenvalue weighted by molar-refractivity contribution is 0.392. The summed E-state index contributed by atoms with van der Waals surface area (Å²) in [5, 5.41) is 3.39. The first kappa shape index (κ1) is 9.93. The maximum Gasteiger partial charge on any atom is 0.122 e. The van der Waals surface area contributed by atoms with Crippen LogP contribution in [0.25, 0.3) is 0 Å². The molecule has 0 spiro atoms. The van der Waals surface area contributed by atoms with Gasteiger partial charge >= 0.3 is 0 Å². The van der Waals surface area contributed by atoms with Crippen LogP contribution in [0, 0.1) is 6.92 Å². The first-order valence-electron chi connectivity index (χ1n) is 4.82. The Labute approximate surface area is 86.3 Å². The maximum atomic E-state index is 11.5. The zero-order valence-corrected chi connectivity index (χ0v) is 9.26. The molecule has 3 nitrogen and oxygen atoms in total. The highest BCUT2D eigenvalue weighted by Gasteiger charge is 2.25. The molecule has 0 saturated carbocycles.